The minimum Gasteiger partial charge on any atom is -0.549 e. The van der Waals surface area contributed by atoms with Gasteiger partial charge in [-0.15, -0.1) is 0 Å². The van der Waals surface area contributed by atoms with Gasteiger partial charge in [0.15, 0.2) is 0 Å². The Labute approximate surface area is 106 Å². The molecule has 19 heavy (non-hydrogen) atoms. The van der Waals surface area contributed by atoms with Gasteiger partial charge in [0, 0.05) is 6.07 Å². The first-order valence-electron chi connectivity index (χ1n) is 4.57. The van der Waals surface area contributed by atoms with Gasteiger partial charge < -0.3 is 9.90 Å². The summed E-state index contributed by atoms with van der Waals surface area (Å²) in [7, 11) is -2.35. The van der Waals surface area contributed by atoms with Crippen molar-refractivity contribution in [2.24, 2.45) is 0 Å². The van der Waals surface area contributed by atoms with Crippen LogP contribution in [-0.4, -0.2) is 20.9 Å². The lowest BCUT2D eigenvalue weighted by Crippen LogP contribution is -2.28. The maximum atomic E-state index is 12.4. The van der Waals surface area contributed by atoms with E-state index in [1.807, 2.05) is 0 Å². The van der Waals surface area contributed by atoms with Gasteiger partial charge >= 0.3 is 6.18 Å². The molecule has 10 heteroatoms. The molecule has 0 unspecified atom stereocenters. The fraction of sp³-hybridized carbons (Fsp3) is 0.222. The molecule has 6 nitrogen and oxygen atoms in total. The quantitative estimate of drug-likeness (QED) is 0.594. The first-order valence-corrected chi connectivity index (χ1v) is 5.88. The van der Waals surface area contributed by atoms with Crippen LogP contribution in [0.3, 0.4) is 0 Å². The molecule has 0 bridgehead atoms. The third-order valence-corrected chi connectivity index (χ3v) is 3.31. The second-order valence-corrected chi connectivity index (χ2v) is 4.72. The molecular formula is C9H5F3NO5S-. The Morgan fingerprint density at radius 2 is 1.95 bits per heavy atom. The van der Waals surface area contributed by atoms with Crippen molar-refractivity contribution in [3.8, 4) is 0 Å². The van der Waals surface area contributed by atoms with E-state index >= 15 is 0 Å². The number of hydrogen-bond donors (Lipinski definition) is 0. The number of carboxylic acid groups (broad SMARTS) is 1. The smallest absolute Gasteiger partial charge is 0.416 e. The van der Waals surface area contributed by atoms with E-state index < -0.39 is 49.8 Å². The summed E-state index contributed by atoms with van der Waals surface area (Å²) in [6.45, 7) is 0. The molecule has 0 saturated heterocycles. The highest BCUT2D eigenvalue weighted by Crippen LogP contribution is 2.34. The second-order valence-electron chi connectivity index (χ2n) is 3.30. The standard InChI is InChI=1S/C9H6F3NO5S/c10-9(11,12)5-1-2-7(6(3-5)13(16)17)19(18)4-8(14)15/h1-3H,4H2,(H,14,15)/p-1/t19-/m0/s1. The van der Waals surface area contributed by atoms with Gasteiger partial charge in [0.1, 0.15) is 4.90 Å². The van der Waals surface area contributed by atoms with Crippen LogP contribution in [0.25, 0.3) is 0 Å². The van der Waals surface area contributed by atoms with Crippen molar-refractivity contribution in [1.82, 2.24) is 0 Å². The zero-order valence-electron chi connectivity index (χ0n) is 8.97. The first-order chi connectivity index (χ1) is 8.62. The topological polar surface area (TPSA) is 100 Å². The number of nitrogens with zero attached hydrogens (tertiary/aromatic N) is 1. The van der Waals surface area contributed by atoms with Gasteiger partial charge in [-0.25, -0.2) is 0 Å². The molecule has 0 fully saturated rings. The van der Waals surface area contributed by atoms with E-state index in [9.17, 15) is 37.4 Å². The molecule has 0 aliphatic heterocycles. The number of alkyl halides is 3. The Morgan fingerprint density at radius 1 is 1.37 bits per heavy atom. The second kappa shape index (κ2) is 5.34. The van der Waals surface area contributed by atoms with Crippen LogP contribution < -0.4 is 5.11 Å². The maximum Gasteiger partial charge on any atom is 0.416 e. The van der Waals surface area contributed by atoms with E-state index in [1.54, 1.807) is 0 Å². The lowest BCUT2D eigenvalue weighted by Gasteiger charge is -2.09. The molecule has 104 valence electrons. The normalized spacial score (nSPS) is 13.0. The van der Waals surface area contributed by atoms with Crippen LogP contribution in [0.2, 0.25) is 0 Å². The fourth-order valence-corrected chi connectivity index (χ4v) is 2.17. The average Bonchev–Trinajstić information content (AvgIpc) is 2.25. The van der Waals surface area contributed by atoms with Crippen LogP contribution in [0.4, 0.5) is 18.9 Å². The minimum absolute atomic E-state index is 0.211. The summed E-state index contributed by atoms with van der Waals surface area (Å²) in [4.78, 5) is 19.1. The van der Waals surface area contributed by atoms with Crippen LogP contribution >= 0.6 is 0 Å². The van der Waals surface area contributed by atoms with E-state index in [4.69, 9.17) is 0 Å². The molecule has 0 heterocycles. The predicted molar refractivity (Wildman–Crippen MR) is 54.4 cm³/mol. The molecule has 0 saturated carbocycles. The molecule has 0 aromatic heterocycles. The minimum atomic E-state index is -4.79. The SMILES string of the molecule is O=C([O-])C[S@](=O)c1ccc(C(F)(F)F)cc1[N+](=O)[O-]. The maximum absolute atomic E-state index is 12.4. The van der Waals surface area contributed by atoms with Gasteiger partial charge in [-0.3, -0.25) is 14.3 Å². The fourth-order valence-electron chi connectivity index (χ4n) is 1.21. The average molecular weight is 296 g/mol. The van der Waals surface area contributed by atoms with E-state index in [2.05, 4.69) is 0 Å². The van der Waals surface area contributed by atoms with Crippen LogP contribution in [0.15, 0.2) is 23.1 Å². The number of nitro groups is 1. The summed E-state index contributed by atoms with van der Waals surface area (Å²) in [5.74, 6) is -2.76. The molecule has 1 atom stereocenters. The summed E-state index contributed by atoms with van der Waals surface area (Å²) in [5.41, 5.74) is -2.33. The molecule has 1 rings (SSSR count). The molecule has 0 N–H and O–H groups in total. The Kier molecular flexibility index (Phi) is 4.24. The Morgan fingerprint density at radius 3 is 2.37 bits per heavy atom. The summed E-state index contributed by atoms with van der Waals surface area (Å²) >= 11 is 0. The van der Waals surface area contributed by atoms with Crippen LogP contribution in [0.5, 0.6) is 0 Å². The number of carbonyl (C=O) groups excluding carboxylic acids is 1. The van der Waals surface area contributed by atoms with E-state index in [1.165, 1.54) is 0 Å². The van der Waals surface area contributed by atoms with Crippen molar-refractivity contribution in [3.05, 3.63) is 33.9 Å². The van der Waals surface area contributed by atoms with Crippen molar-refractivity contribution < 1.29 is 32.2 Å². The number of carbonyl (C=O) groups is 1. The molecule has 0 radical (unpaired) electrons. The third-order valence-electron chi connectivity index (χ3n) is 1.98. The van der Waals surface area contributed by atoms with E-state index in [0.29, 0.717) is 12.1 Å². The lowest BCUT2D eigenvalue weighted by atomic mass is 10.2. The van der Waals surface area contributed by atoms with Crippen molar-refractivity contribution in [1.29, 1.82) is 0 Å². The molecule has 0 spiro atoms. The van der Waals surface area contributed by atoms with Crippen LogP contribution in [0, 0.1) is 10.1 Å². The van der Waals surface area contributed by atoms with Gasteiger partial charge in [-0.05, 0) is 12.1 Å². The molecule has 0 aliphatic rings. The zero-order chi connectivity index (χ0) is 14.8. The van der Waals surface area contributed by atoms with Gasteiger partial charge in [0.05, 0.1) is 33.0 Å². The number of aliphatic carboxylic acids is 1. The van der Waals surface area contributed by atoms with E-state index in [0.717, 1.165) is 0 Å². The Bertz CT molecular complexity index is 557. The Hall–Kier alpha value is -1.97. The number of benzene rings is 1. The number of carboxylic acids is 1. The molecule has 1 aromatic rings. The monoisotopic (exact) mass is 296 g/mol. The highest BCUT2D eigenvalue weighted by molar-refractivity contribution is 7.85. The lowest BCUT2D eigenvalue weighted by molar-refractivity contribution is -0.388. The molecule has 0 aliphatic carbocycles. The summed E-state index contributed by atoms with van der Waals surface area (Å²) in [6.07, 6.45) is -4.79. The number of halogens is 3. The highest BCUT2D eigenvalue weighted by atomic mass is 32.2. The number of nitro benzene ring substituents is 1. The van der Waals surface area contributed by atoms with Gasteiger partial charge in [-0.2, -0.15) is 13.2 Å². The van der Waals surface area contributed by atoms with Crippen molar-refractivity contribution in [2.75, 3.05) is 5.75 Å². The first kappa shape index (κ1) is 15.1. The Balaban J connectivity index is 3.31. The van der Waals surface area contributed by atoms with Gasteiger partial charge in [0.25, 0.3) is 5.69 Å². The summed E-state index contributed by atoms with van der Waals surface area (Å²) in [5, 5.41) is 20.9. The van der Waals surface area contributed by atoms with E-state index in [-0.39, 0.29) is 6.07 Å². The number of rotatable bonds is 4. The molecule has 0 amide bonds. The molecular weight excluding hydrogens is 291 g/mol. The molecule has 1 aromatic carbocycles. The summed E-state index contributed by atoms with van der Waals surface area (Å²) in [6, 6.07) is 1.33. The summed E-state index contributed by atoms with van der Waals surface area (Å²) < 4.78 is 48.6. The highest BCUT2D eigenvalue weighted by Gasteiger charge is 2.33. The van der Waals surface area contributed by atoms with Crippen molar-refractivity contribution in [2.45, 2.75) is 11.1 Å². The van der Waals surface area contributed by atoms with Gasteiger partial charge in [-0.1, -0.05) is 0 Å². The zero-order valence-corrected chi connectivity index (χ0v) is 9.79. The predicted octanol–water partition coefficient (Wildman–Crippen LogP) is 0.471. The van der Waals surface area contributed by atoms with Gasteiger partial charge in [0.2, 0.25) is 0 Å². The number of hydrogen-bond acceptors (Lipinski definition) is 5. The third kappa shape index (κ3) is 3.74. The van der Waals surface area contributed by atoms with Crippen LogP contribution in [0.1, 0.15) is 5.56 Å². The van der Waals surface area contributed by atoms with Crippen molar-refractivity contribution in [3.63, 3.8) is 0 Å². The van der Waals surface area contributed by atoms with Crippen LogP contribution in [-0.2, 0) is 21.8 Å². The van der Waals surface area contributed by atoms with Crippen molar-refractivity contribution >= 4 is 22.5 Å². The largest absolute Gasteiger partial charge is 0.549 e.